The molecule has 1 heterocycles. The van der Waals surface area contributed by atoms with Crippen LogP contribution >= 0.6 is 11.3 Å². The fourth-order valence-electron chi connectivity index (χ4n) is 1.77. The van der Waals surface area contributed by atoms with Crippen LogP contribution in [0.4, 0.5) is 13.2 Å². The smallest absolute Gasteiger partial charge is 0.378 e. The Hall–Kier alpha value is -1.93. The van der Waals surface area contributed by atoms with E-state index in [0.717, 1.165) is 29.3 Å². The Kier molecular flexibility index (Phi) is 4.82. The van der Waals surface area contributed by atoms with Crippen LogP contribution in [0.1, 0.15) is 27.9 Å². The molecule has 0 radical (unpaired) electrons. The van der Waals surface area contributed by atoms with Crippen LogP contribution in [-0.2, 0) is 17.5 Å². The zero-order valence-corrected chi connectivity index (χ0v) is 12.3. The maximum Gasteiger partial charge on any atom is 0.416 e. The summed E-state index contributed by atoms with van der Waals surface area (Å²) < 4.78 is 37.3. The van der Waals surface area contributed by atoms with Crippen LogP contribution in [0.5, 0.6) is 0 Å². The van der Waals surface area contributed by atoms with Crippen molar-refractivity contribution in [1.82, 2.24) is 10.3 Å². The first-order chi connectivity index (χ1) is 10.3. The Bertz CT molecular complexity index is 653. The number of aliphatic hydroxyl groups excluding tert-OH is 1. The lowest BCUT2D eigenvalue weighted by Crippen LogP contribution is -2.29. The van der Waals surface area contributed by atoms with Crippen molar-refractivity contribution in [1.29, 1.82) is 0 Å². The molecule has 1 aromatic heterocycles. The number of nitrogens with zero attached hydrogens (tertiary/aromatic N) is 1. The van der Waals surface area contributed by atoms with E-state index in [9.17, 15) is 23.1 Å². The number of aromatic nitrogens is 1. The molecule has 0 saturated carbocycles. The average molecular weight is 330 g/mol. The number of hydrogen-bond donors (Lipinski definition) is 2. The number of aliphatic hydroxyl groups is 1. The van der Waals surface area contributed by atoms with E-state index in [1.165, 1.54) is 11.3 Å². The highest BCUT2D eigenvalue weighted by atomic mass is 32.1. The van der Waals surface area contributed by atoms with Gasteiger partial charge >= 0.3 is 6.18 Å². The Morgan fingerprint density at radius 1 is 1.36 bits per heavy atom. The molecule has 118 valence electrons. The van der Waals surface area contributed by atoms with Crippen LogP contribution in [0.25, 0.3) is 0 Å². The lowest BCUT2D eigenvalue weighted by atomic mass is 10.1. The highest BCUT2D eigenvalue weighted by Crippen LogP contribution is 2.29. The lowest BCUT2D eigenvalue weighted by molar-refractivity contribution is -0.137. The second-order valence-electron chi connectivity index (χ2n) is 4.60. The predicted molar refractivity (Wildman–Crippen MR) is 75.1 cm³/mol. The highest BCUT2D eigenvalue weighted by molar-refractivity contribution is 7.09. The van der Waals surface area contributed by atoms with Gasteiger partial charge in [0.2, 0.25) is 0 Å². The van der Waals surface area contributed by atoms with E-state index >= 15 is 0 Å². The van der Waals surface area contributed by atoms with E-state index in [0.29, 0.717) is 5.69 Å². The molecule has 1 amide bonds. The van der Waals surface area contributed by atoms with Gasteiger partial charge in [-0.05, 0) is 24.6 Å². The van der Waals surface area contributed by atoms with Crippen molar-refractivity contribution in [3.05, 3.63) is 51.5 Å². The highest BCUT2D eigenvalue weighted by Gasteiger charge is 2.30. The Balaban J connectivity index is 1.98. The molecule has 0 aliphatic rings. The number of carbonyl (C=O) groups excluding carboxylic acids is 1. The van der Waals surface area contributed by atoms with E-state index in [-0.39, 0.29) is 12.1 Å². The largest absolute Gasteiger partial charge is 0.416 e. The molecule has 2 rings (SSSR count). The standard InChI is InChI=1S/C14H13F3N2O2S/c1-8-19-11(7-22-8)6-18-13(21)12(20)9-2-4-10(5-3-9)14(15,16)17/h2-5,7,12,20H,6H2,1H3,(H,18,21). The van der Waals surface area contributed by atoms with E-state index < -0.39 is 23.8 Å². The molecular weight excluding hydrogens is 317 g/mol. The molecule has 1 unspecified atom stereocenters. The summed E-state index contributed by atoms with van der Waals surface area (Å²) >= 11 is 1.43. The molecule has 2 N–H and O–H groups in total. The molecule has 0 aliphatic heterocycles. The zero-order chi connectivity index (χ0) is 16.3. The minimum absolute atomic E-state index is 0.0972. The third-order valence-corrected chi connectivity index (χ3v) is 3.73. The second kappa shape index (κ2) is 6.45. The van der Waals surface area contributed by atoms with Gasteiger partial charge in [0.05, 0.1) is 22.8 Å². The fourth-order valence-corrected chi connectivity index (χ4v) is 2.38. The van der Waals surface area contributed by atoms with Crippen LogP contribution in [0.2, 0.25) is 0 Å². The lowest BCUT2D eigenvalue weighted by Gasteiger charge is -2.12. The summed E-state index contributed by atoms with van der Waals surface area (Å²) in [4.78, 5) is 15.9. The van der Waals surface area contributed by atoms with Crippen molar-refractivity contribution in [2.75, 3.05) is 0 Å². The number of nitrogens with one attached hydrogen (secondary N) is 1. The second-order valence-corrected chi connectivity index (χ2v) is 5.66. The van der Waals surface area contributed by atoms with Gasteiger partial charge in [0, 0.05) is 5.38 Å². The molecule has 4 nitrogen and oxygen atoms in total. The maximum atomic E-state index is 12.4. The molecule has 2 aromatic rings. The number of thiazole rings is 1. The van der Waals surface area contributed by atoms with Gasteiger partial charge in [0.25, 0.3) is 5.91 Å². The Morgan fingerprint density at radius 2 is 2.00 bits per heavy atom. The van der Waals surface area contributed by atoms with Gasteiger partial charge in [0.1, 0.15) is 0 Å². The van der Waals surface area contributed by atoms with E-state index in [1.54, 1.807) is 5.38 Å². The van der Waals surface area contributed by atoms with Crippen molar-refractivity contribution in [3.63, 3.8) is 0 Å². The summed E-state index contributed by atoms with van der Waals surface area (Å²) in [5.74, 6) is -0.689. The maximum absolute atomic E-state index is 12.4. The summed E-state index contributed by atoms with van der Waals surface area (Å²) in [5, 5.41) is 15.0. The number of benzene rings is 1. The minimum atomic E-state index is -4.45. The van der Waals surface area contributed by atoms with E-state index in [4.69, 9.17) is 0 Å². The third-order valence-electron chi connectivity index (χ3n) is 2.91. The van der Waals surface area contributed by atoms with E-state index in [1.807, 2.05) is 6.92 Å². The molecule has 1 aromatic carbocycles. The zero-order valence-electron chi connectivity index (χ0n) is 11.5. The molecule has 0 fully saturated rings. The van der Waals surface area contributed by atoms with Crippen LogP contribution in [0.15, 0.2) is 29.6 Å². The number of halogens is 3. The Labute approximate surface area is 128 Å². The summed E-state index contributed by atoms with van der Waals surface area (Å²) in [5.41, 5.74) is -0.0720. The van der Waals surface area contributed by atoms with Crippen molar-refractivity contribution in [2.45, 2.75) is 25.7 Å². The van der Waals surface area contributed by atoms with Gasteiger partial charge < -0.3 is 10.4 Å². The number of aryl methyl sites for hydroxylation is 1. The topological polar surface area (TPSA) is 62.2 Å². The number of alkyl halides is 3. The SMILES string of the molecule is Cc1nc(CNC(=O)C(O)c2ccc(C(F)(F)F)cc2)cs1. The number of carbonyl (C=O) groups is 1. The van der Waals surface area contributed by atoms with Crippen molar-refractivity contribution < 1.29 is 23.1 Å². The first kappa shape index (κ1) is 16.4. The van der Waals surface area contributed by atoms with E-state index in [2.05, 4.69) is 10.3 Å². The molecule has 0 aliphatic carbocycles. The molecule has 1 atom stereocenters. The van der Waals surface area contributed by atoms with Crippen molar-refractivity contribution in [3.8, 4) is 0 Å². The van der Waals surface area contributed by atoms with Crippen LogP contribution in [0, 0.1) is 6.92 Å². The molecular formula is C14H13F3N2O2S. The molecule has 0 spiro atoms. The average Bonchev–Trinajstić information content (AvgIpc) is 2.89. The van der Waals surface area contributed by atoms with Crippen LogP contribution in [0.3, 0.4) is 0 Å². The Morgan fingerprint density at radius 3 is 2.50 bits per heavy atom. The summed E-state index contributed by atoms with van der Waals surface area (Å²) in [6.07, 6.45) is -5.98. The molecule has 22 heavy (non-hydrogen) atoms. The molecule has 8 heteroatoms. The monoisotopic (exact) mass is 330 g/mol. The van der Waals surface area contributed by atoms with Gasteiger partial charge in [-0.25, -0.2) is 4.98 Å². The van der Waals surface area contributed by atoms with Crippen molar-refractivity contribution >= 4 is 17.2 Å². The molecule has 0 bridgehead atoms. The summed E-state index contributed by atoms with van der Waals surface area (Å²) in [7, 11) is 0. The van der Waals surface area contributed by atoms with Crippen LogP contribution in [-0.4, -0.2) is 16.0 Å². The number of amides is 1. The first-order valence-corrected chi connectivity index (χ1v) is 7.19. The number of rotatable bonds is 4. The van der Waals surface area contributed by atoms with Gasteiger partial charge in [-0.2, -0.15) is 13.2 Å². The first-order valence-electron chi connectivity index (χ1n) is 6.31. The summed E-state index contributed by atoms with van der Waals surface area (Å²) in [6, 6.07) is 3.82. The normalized spacial score (nSPS) is 13.0. The predicted octanol–water partition coefficient (Wildman–Crippen LogP) is 2.82. The minimum Gasteiger partial charge on any atom is -0.378 e. The fraction of sp³-hybridized carbons (Fsp3) is 0.286. The third kappa shape index (κ3) is 4.05. The quantitative estimate of drug-likeness (QED) is 0.906. The van der Waals surface area contributed by atoms with Gasteiger partial charge in [-0.1, -0.05) is 12.1 Å². The number of hydrogen-bond acceptors (Lipinski definition) is 4. The van der Waals surface area contributed by atoms with Gasteiger partial charge in [0.15, 0.2) is 6.10 Å². The van der Waals surface area contributed by atoms with Gasteiger partial charge in [-0.15, -0.1) is 11.3 Å². The molecule has 0 saturated heterocycles. The van der Waals surface area contributed by atoms with Gasteiger partial charge in [-0.3, -0.25) is 4.79 Å². The summed E-state index contributed by atoms with van der Waals surface area (Å²) in [6.45, 7) is 1.98. The van der Waals surface area contributed by atoms with Crippen LogP contribution < -0.4 is 5.32 Å². The van der Waals surface area contributed by atoms with Crippen molar-refractivity contribution in [2.24, 2.45) is 0 Å².